The first-order valence-electron chi connectivity index (χ1n) is 30.7. The summed E-state index contributed by atoms with van der Waals surface area (Å²) < 4.78 is 32.3. The zero-order valence-corrected chi connectivity index (χ0v) is 56.2. The number of hydrogen-bond acceptors (Lipinski definition) is 16. The molecule has 4 unspecified atom stereocenters. The third-order valence-corrected chi connectivity index (χ3v) is 22.1. The maximum Gasteiger partial charge on any atom is 0.472 e. The number of phosphoric ester groups is 1. The Balaban J connectivity index is 0.00000672. The molecule has 27 nitrogen and oxygen atoms in total. The standard InChI is InChI=1S/C63H91N12O14P.Co.H2O/c1-30-20-41-42(21-31(30)2)75(29-71-41)58-54(84)55(43(28-76)87-58)89-90(85,86)88-32(3)27-70-51(83)18-19-60(8)40(24-48(67)80)57-63(11)62(10,26-50(69)82)38(14-17-47(66)79)53(74-63)33(4)39-22-35(36(12-15-45(64)77)61(39,9)25-49(68)81)23-44-59(6,7)37(13-16-46(65)78)52(72-44)34(5)56(60)73-57;;/h20-21,23,29,32,36-38,40,43,53-55,57-58,74,76,84H,12-19,24-28H2,1-11H3,(H14-,64,65,66,67,68,69,70,72,73,77,78,79,80,81,82,83,85,86);;1H2/t32-,36+,37+,38+,40-,43-,53?,54?,55?,57+,58-,60+,61-,62-,63-;;/m0../s1. The van der Waals surface area contributed by atoms with Gasteiger partial charge in [0, 0.05) is 121 Å². The zero-order valence-electron chi connectivity index (χ0n) is 54.2. The van der Waals surface area contributed by atoms with Crippen LogP contribution in [0.5, 0.6) is 0 Å². The Morgan fingerprint density at radius 2 is 1.43 bits per heavy atom. The summed E-state index contributed by atoms with van der Waals surface area (Å²) in [5, 5.41) is 34.2. The molecule has 7 amide bonds. The molecule has 1 aromatic carbocycles. The van der Waals surface area contributed by atoms with Gasteiger partial charge < -0.3 is 74.9 Å². The Morgan fingerprint density at radius 3 is 2.02 bits per heavy atom. The van der Waals surface area contributed by atoms with Crippen LogP contribution in [0.15, 0.2) is 63.2 Å². The van der Waals surface area contributed by atoms with E-state index in [0.29, 0.717) is 50.4 Å². The van der Waals surface area contributed by atoms with Crippen molar-refractivity contribution in [3.05, 3.63) is 80.7 Å². The number of primary amides is 6. The number of rotatable bonds is 26. The number of aliphatic hydroxyl groups is 2. The maximum atomic E-state index is 14.4. The van der Waals surface area contributed by atoms with Gasteiger partial charge >= 0.3 is 7.82 Å². The van der Waals surface area contributed by atoms with E-state index < -0.39 is 149 Å². The second-order valence-electron chi connectivity index (χ2n) is 27.4. The topological polar surface area (TPSA) is 481 Å². The molecule has 2 aromatic rings. The number of aliphatic imine (C=N–C) groups is 1. The molecule has 1 aliphatic carbocycles. The predicted molar refractivity (Wildman–Crippen MR) is 336 cm³/mol. The van der Waals surface area contributed by atoms with Gasteiger partial charge in [0.2, 0.25) is 41.4 Å². The summed E-state index contributed by atoms with van der Waals surface area (Å²) in [6.45, 7) is 19.6. The van der Waals surface area contributed by atoms with Crippen molar-refractivity contribution in [3.63, 3.8) is 0 Å². The Bertz CT molecular complexity index is 3480. The third kappa shape index (κ3) is 14.2. The molecular formula is C63H93CoN12O15P. The van der Waals surface area contributed by atoms with Gasteiger partial charge in [0.1, 0.15) is 35.2 Å². The largest absolute Gasteiger partial charge is 0.683 e. The number of aryl methyl sites for hydroxylation is 2. The van der Waals surface area contributed by atoms with Crippen LogP contribution in [0.2, 0.25) is 0 Å². The van der Waals surface area contributed by atoms with Crippen molar-refractivity contribution in [2.75, 3.05) is 13.2 Å². The molecule has 5 aliphatic heterocycles. The average molecular weight is 1350 g/mol. The minimum absolute atomic E-state index is 0. The van der Waals surface area contributed by atoms with E-state index in [-0.39, 0.29) is 99.4 Å². The second kappa shape index (κ2) is 28.0. The number of amides is 7. The molecule has 6 aliphatic rings. The molecular weight excluding hydrogens is 1250 g/mol. The van der Waals surface area contributed by atoms with Gasteiger partial charge in [-0.2, -0.15) is 5.70 Å². The number of carbonyl (C=O) groups excluding carboxylic acids is 7. The molecule has 3 fully saturated rings. The van der Waals surface area contributed by atoms with Crippen LogP contribution in [-0.2, 0) is 68.7 Å². The van der Waals surface area contributed by atoms with E-state index >= 15 is 0 Å². The van der Waals surface area contributed by atoms with E-state index in [2.05, 4.69) is 21.7 Å². The summed E-state index contributed by atoms with van der Waals surface area (Å²) in [5.41, 5.74) is 37.7. The van der Waals surface area contributed by atoms with E-state index in [0.717, 1.165) is 11.1 Å². The van der Waals surface area contributed by atoms with Crippen LogP contribution < -0.4 is 45.0 Å². The van der Waals surface area contributed by atoms with Gasteiger partial charge in [0.25, 0.3) is 0 Å². The Kier molecular flexibility index (Phi) is 22.7. The fraction of sp³-hybridized carbons (Fsp3) is 0.635. The van der Waals surface area contributed by atoms with Crippen LogP contribution in [0, 0.1) is 65.3 Å². The van der Waals surface area contributed by atoms with Gasteiger partial charge in [-0.15, -0.1) is 0 Å². The summed E-state index contributed by atoms with van der Waals surface area (Å²) in [5.74, 6) is -6.83. The predicted octanol–water partition coefficient (Wildman–Crippen LogP) is 2.97. The molecule has 92 heavy (non-hydrogen) atoms. The number of aliphatic hydroxyl groups excluding tert-OH is 2. The number of aromatic nitrogens is 2. The van der Waals surface area contributed by atoms with Crippen molar-refractivity contribution in [3.8, 4) is 0 Å². The molecule has 8 rings (SSSR count). The Morgan fingerprint density at radius 1 is 0.837 bits per heavy atom. The van der Waals surface area contributed by atoms with E-state index in [4.69, 9.17) is 58.5 Å². The molecule has 8 bridgehead atoms. The summed E-state index contributed by atoms with van der Waals surface area (Å²) >= 11 is 0. The van der Waals surface area contributed by atoms with Gasteiger partial charge in [0.05, 0.1) is 42.2 Å². The summed E-state index contributed by atoms with van der Waals surface area (Å²) in [6, 6.07) is 2.05. The van der Waals surface area contributed by atoms with Crippen LogP contribution in [-0.4, -0.2) is 132 Å². The van der Waals surface area contributed by atoms with Crippen LogP contribution >= 0.6 is 7.82 Å². The number of nitrogens with two attached hydrogens (primary N) is 6. The number of allylic oxidation sites excluding steroid dienone is 7. The number of phosphoric acid groups is 1. The van der Waals surface area contributed by atoms with Crippen LogP contribution in [0.3, 0.4) is 0 Å². The molecule has 19 N–H and O–H groups in total. The van der Waals surface area contributed by atoms with Gasteiger partial charge in [0.15, 0.2) is 6.23 Å². The normalized spacial score (nSPS) is 32.1. The van der Waals surface area contributed by atoms with E-state index in [1.165, 1.54) is 13.3 Å². The van der Waals surface area contributed by atoms with Crippen molar-refractivity contribution >= 4 is 65.9 Å². The SMILES string of the molecule is CC1=C2[N-][C@H]([C@H](CC(N)=O)[C@@]2(C)CCC(=O)NC[C@H](C)OP(=O)(O)OC2C(O)[C@@H](n3cnc4cc(C)c(C)cc43)O[C@H]2CO)[C@]2(C)NC(C(C)=C3[C+]=C(C=C4N=C1[C@@H](CCC(N)=O)C4(C)C)[C@@H](CCC(N)=O)[C@]3(C)CC(N)=O)[C@@H](CCC(N)=O)[C@]2(C)CC(N)=O.O.[Co]. The number of carbonyl (C=O) groups is 7. The first-order valence-corrected chi connectivity index (χ1v) is 32.2. The van der Waals surface area contributed by atoms with Crippen LogP contribution in [0.25, 0.3) is 16.4 Å². The molecule has 0 spiro atoms. The molecule has 16 atom stereocenters. The van der Waals surface area contributed by atoms with Crippen molar-refractivity contribution in [1.29, 1.82) is 0 Å². The third-order valence-electron chi connectivity index (χ3n) is 21.0. The van der Waals surface area contributed by atoms with E-state index in [9.17, 15) is 53.2 Å². The number of nitrogens with zero attached hydrogens (tertiary/aromatic N) is 4. The number of hydrogen-bond donors (Lipinski definition) is 11. The van der Waals surface area contributed by atoms with Crippen LogP contribution in [0.4, 0.5) is 0 Å². The molecule has 509 valence electrons. The summed E-state index contributed by atoms with van der Waals surface area (Å²) in [6.07, 6.45) is -0.224. The molecule has 0 saturated carbocycles. The van der Waals surface area contributed by atoms with Gasteiger partial charge in [-0.1, -0.05) is 40.7 Å². The quantitative estimate of drug-likeness (QED) is 0.0476. The van der Waals surface area contributed by atoms with Gasteiger partial charge in [-0.25, -0.2) is 14.5 Å². The van der Waals surface area contributed by atoms with Gasteiger partial charge in [-0.05, 0) is 112 Å². The molecule has 1 radical (unpaired) electrons. The zero-order chi connectivity index (χ0) is 66.7. The molecule has 6 heterocycles. The molecule has 3 saturated heterocycles. The minimum atomic E-state index is -5.06. The number of imidazole rings is 1. The maximum absolute atomic E-state index is 14.4. The van der Waals surface area contributed by atoms with E-state index in [1.807, 2.05) is 87.4 Å². The molecule has 1 aromatic heterocycles. The number of benzene rings is 1. The number of ether oxygens (including phenoxy) is 1. The smallest absolute Gasteiger partial charge is 0.472 e. The minimum Gasteiger partial charge on any atom is -0.683 e. The van der Waals surface area contributed by atoms with Crippen molar-refractivity contribution in [2.45, 2.75) is 195 Å². The van der Waals surface area contributed by atoms with Crippen LogP contribution in [0.1, 0.15) is 150 Å². The monoisotopic (exact) mass is 1350 g/mol. The first-order chi connectivity index (χ1) is 41.8. The fourth-order valence-corrected chi connectivity index (χ4v) is 17.0. The summed E-state index contributed by atoms with van der Waals surface area (Å²) in [4.78, 5) is 115. The summed E-state index contributed by atoms with van der Waals surface area (Å²) in [7, 11) is -5.06. The Labute approximate surface area is 546 Å². The van der Waals surface area contributed by atoms with Crippen molar-refractivity contribution in [1.82, 2.24) is 20.2 Å². The second-order valence-corrected chi connectivity index (χ2v) is 28.7. The molecule has 29 heteroatoms. The number of nitrogens with one attached hydrogen (secondary N) is 2. The van der Waals surface area contributed by atoms with E-state index in [1.54, 1.807) is 4.57 Å². The average Bonchev–Trinajstić information content (AvgIpc) is 1.53. The van der Waals surface area contributed by atoms with Gasteiger partial charge in [-0.3, -0.25) is 47.9 Å². The first kappa shape index (κ1) is 74.8. The fourth-order valence-electron chi connectivity index (χ4n) is 15.9. The van der Waals surface area contributed by atoms with Crippen molar-refractivity contribution < 1.29 is 89.3 Å². The van der Waals surface area contributed by atoms with Crippen molar-refractivity contribution in [2.24, 2.45) is 84.7 Å². The number of fused-ring (bicyclic) bond motifs is 8. The Hall–Kier alpha value is -6.26.